The highest BCUT2D eigenvalue weighted by atomic mass is 19.4. The number of alkyl halides is 6. The molecule has 36 heavy (non-hydrogen) atoms. The van der Waals surface area contributed by atoms with E-state index < -0.39 is 60.0 Å². The minimum Gasteiger partial charge on any atom is -0.441 e. The van der Waals surface area contributed by atoms with Crippen molar-refractivity contribution in [2.45, 2.75) is 36.7 Å². The number of anilines is 2. The van der Waals surface area contributed by atoms with Gasteiger partial charge in [0.2, 0.25) is 0 Å². The Labute approximate surface area is 199 Å². The van der Waals surface area contributed by atoms with Crippen molar-refractivity contribution in [1.82, 2.24) is 5.32 Å². The summed E-state index contributed by atoms with van der Waals surface area (Å²) in [6.45, 7) is -0.126. The molecule has 0 bridgehead atoms. The third-order valence-corrected chi connectivity index (χ3v) is 5.47. The van der Waals surface area contributed by atoms with Gasteiger partial charge in [-0.15, -0.1) is 0 Å². The molecule has 0 spiro atoms. The molecule has 2 saturated heterocycles. The maximum absolute atomic E-state index is 12.8. The molecule has 194 valence electrons. The Balaban J connectivity index is 1.29. The Kier molecular flexibility index (Phi) is 7.00. The second-order valence-electron chi connectivity index (χ2n) is 8.03. The lowest BCUT2D eigenvalue weighted by atomic mass is 10.1. The summed E-state index contributed by atoms with van der Waals surface area (Å²) >= 11 is 0. The van der Waals surface area contributed by atoms with Crippen molar-refractivity contribution in [3.8, 4) is 0 Å². The molecule has 0 saturated carbocycles. The van der Waals surface area contributed by atoms with Gasteiger partial charge in [-0.2, -0.15) is 26.3 Å². The minimum absolute atomic E-state index is 0.0273. The standard InChI is InChI=1S/C22H19F6N3O5/c23-21(24,25)11-3-1-5-13(7-11)29-19(32)31-15-9-34-18-16(10-35-17(15)18)36-20(33)30-14-6-2-4-12(8-14)22(26,27)28/h1-8,15-18H,9-10H2,(H,30,33)(H2,29,31,32). The monoisotopic (exact) mass is 519 g/mol. The Hall–Kier alpha value is -3.52. The van der Waals surface area contributed by atoms with Crippen LogP contribution in [0.5, 0.6) is 0 Å². The van der Waals surface area contributed by atoms with Crippen LogP contribution in [-0.4, -0.2) is 49.7 Å². The number of halogens is 6. The summed E-state index contributed by atoms with van der Waals surface area (Å²) in [5.74, 6) is 0. The van der Waals surface area contributed by atoms with Crippen molar-refractivity contribution in [2.24, 2.45) is 0 Å². The molecule has 2 heterocycles. The molecule has 2 aliphatic heterocycles. The first-order chi connectivity index (χ1) is 16.9. The molecule has 4 atom stereocenters. The van der Waals surface area contributed by atoms with E-state index in [2.05, 4.69) is 16.0 Å². The number of fused-ring (bicyclic) bond motifs is 1. The third kappa shape index (κ3) is 5.99. The van der Waals surface area contributed by atoms with Crippen LogP contribution >= 0.6 is 0 Å². The van der Waals surface area contributed by atoms with Crippen LogP contribution in [0.25, 0.3) is 0 Å². The van der Waals surface area contributed by atoms with Gasteiger partial charge < -0.3 is 24.8 Å². The zero-order valence-corrected chi connectivity index (χ0v) is 18.2. The topological polar surface area (TPSA) is 97.9 Å². The highest BCUT2D eigenvalue weighted by Gasteiger charge is 2.50. The number of hydrogen-bond donors (Lipinski definition) is 3. The lowest BCUT2D eigenvalue weighted by Gasteiger charge is -2.18. The molecule has 2 aliphatic rings. The molecule has 0 aliphatic carbocycles. The van der Waals surface area contributed by atoms with Gasteiger partial charge in [0.05, 0.1) is 30.4 Å². The third-order valence-electron chi connectivity index (χ3n) is 5.47. The lowest BCUT2D eigenvalue weighted by Crippen LogP contribution is -2.46. The van der Waals surface area contributed by atoms with Crippen LogP contribution in [-0.2, 0) is 26.6 Å². The first kappa shape index (κ1) is 25.6. The van der Waals surface area contributed by atoms with E-state index in [9.17, 15) is 35.9 Å². The minimum atomic E-state index is -4.58. The van der Waals surface area contributed by atoms with Crippen LogP contribution in [0.3, 0.4) is 0 Å². The lowest BCUT2D eigenvalue weighted by molar-refractivity contribution is -0.138. The number of ether oxygens (including phenoxy) is 3. The zero-order valence-electron chi connectivity index (χ0n) is 18.2. The molecule has 4 unspecified atom stereocenters. The smallest absolute Gasteiger partial charge is 0.416 e. The fourth-order valence-electron chi connectivity index (χ4n) is 3.86. The van der Waals surface area contributed by atoms with Gasteiger partial charge in [0.25, 0.3) is 0 Å². The number of carbonyl (C=O) groups is 2. The van der Waals surface area contributed by atoms with Crippen LogP contribution in [0.1, 0.15) is 11.1 Å². The summed E-state index contributed by atoms with van der Waals surface area (Å²) in [4.78, 5) is 24.5. The summed E-state index contributed by atoms with van der Waals surface area (Å²) in [6.07, 6.45) is -12.6. The second kappa shape index (κ2) is 9.85. The highest BCUT2D eigenvalue weighted by molar-refractivity contribution is 5.89. The first-order valence-electron chi connectivity index (χ1n) is 10.5. The van der Waals surface area contributed by atoms with Crippen molar-refractivity contribution in [3.63, 3.8) is 0 Å². The van der Waals surface area contributed by atoms with Crippen molar-refractivity contribution in [3.05, 3.63) is 59.7 Å². The maximum atomic E-state index is 12.8. The van der Waals surface area contributed by atoms with Crippen molar-refractivity contribution >= 4 is 23.5 Å². The summed E-state index contributed by atoms with van der Waals surface area (Å²) in [6, 6.07) is 6.62. The molecule has 0 aromatic heterocycles. The summed E-state index contributed by atoms with van der Waals surface area (Å²) in [5, 5.41) is 7.07. The molecule has 0 radical (unpaired) electrons. The van der Waals surface area contributed by atoms with E-state index in [0.29, 0.717) is 0 Å². The Morgan fingerprint density at radius 3 is 1.94 bits per heavy atom. The number of carbonyl (C=O) groups excluding carboxylic acids is 2. The Bertz CT molecular complexity index is 1040. The summed E-state index contributed by atoms with van der Waals surface area (Å²) < 4.78 is 93.4. The molecule has 3 N–H and O–H groups in total. The molecular weight excluding hydrogens is 500 g/mol. The number of amides is 3. The van der Waals surface area contributed by atoms with Crippen LogP contribution in [0.15, 0.2) is 48.5 Å². The van der Waals surface area contributed by atoms with Crippen LogP contribution in [0, 0.1) is 0 Å². The van der Waals surface area contributed by atoms with E-state index in [-0.39, 0.29) is 24.6 Å². The summed E-state index contributed by atoms with van der Waals surface area (Å²) in [5.41, 5.74) is -2.06. The van der Waals surface area contributed by atoms with E-state index in [4.69, 9.17) is 14.2 Å². The van der Waals surface area contributed by atoms with Crippen LogP contribution < -0.4 is 16.0 Å². The fourth-order valence-corrected chi connectivity index (χ4v) is 3.86. The van der Waals surface area contributed by atoms with Gasteiger partial charge in [-0.25, -0.2) is 9.59 Å². The van der Waals surface area contributed by atoms with E-state index in [1.165, 1.54) is 12.1 Å². The van der Waals surface area contributed by atoms with Gasteiger partial charge in [0, 0.05) is 11.4 Å². The van der Waals surface area contributed by atoms with E-state index in [1.807, 2.05) is 0 Å². The average Bonchev–Trinajstić information content (AvgIpc) is 3.36. The fraction of sp³-hybridized carbons (Fsp3) is 0.364. The molecule has 4 rings (SSSR count). The Morgan fingerprint density at radius 2 is 1.36 bits per heavy atom. The molecule has 2 fully saturated rings. The van der Waals surface area contributed by atoms with Gasteiger partial charge in [-0.05, 0) is 36.4 Å². The molecular formula is C22H19F6N3O5. The van der Waals surface area contributed by atoms with Gasteiger partial charge in [0.1, 0.15) is 12.2 Å². The van der Waals surface area contributed by atoms with Crippen LogP contribution in [0.2, 0.25) is 0 Å². The number of nitrogens with one attached hydrogen (secondary N) is 3. The van der Waals surface area contributed by atoms with Gasteiger partial charge in [-0.3, -0.25) is 5.32 Å². The van der Waals surface area contributed by atoms with E-state index in [1.54, 1.807) is 0 Å². The van der Waals surface area contributed by atoms with Gasteiger partial charge in [0.15, 0.2) is 6.10 Å². The van der Waals surface area contributed by atoms with Gasteiger partial charge >= 0.3 is 24.5 Å². The van der Waals surface area contributed by atoms with Crippen molar-refractivity contribution in [2.75, 3.05) is 23.8 Å². The molecule has 2 aromatic rings. The predicted octanol–water partition coefficient (Wildman–Crippen LogP) is 4.63. The first-order valence-corrected chi connectivity index (χ1v) is 10.5. The number of urea groups is 1. The van der Waals surface area contributed by atoms with Gasteiger partial charge in [-0.1, -0.05) is 12.1 Å². The number of hydrogen-bond acceptors (Lipinski definition) is 5. The molecule has 14 heteroatoms. The number of benzene rings is 2. The van der Waals surface area contributed by atoms with E-state index in [0.717, 1.165) is 36.4 Å². The predicted molar refractivity (Wildman–Crippen MR) is 112 cm³/mol. The molecule has 3 amide bonds. The normalized spacial score (nSPS) is 23.6. The second-order valence-corrected chi connectivity index (χ2v) is 8.03. The zero-order chi connectivity index (χ0) is 26.1. The molecule has 8 nitrogen and oxygen atoms in total. The average molecular weight is 519 g/mol. The molecule has 2 aromatic carbocycles. The largest absolute Gasteiger partial charge is 0.441 e. The van der Waals surface area contributed by atoms with Crippen molar-refractivity contribution in [1.29, 1.82) is 0 Å². The quantitative estimate of drug-likeness (QED) is 0.512. The Morgan fingerprint density at radius 1 is 0.806 bits per heavy atom. The maximum Gasteiger partial charge on any atom is 0.416 e. The SMILES string of the molecule is O=C(Nc1cccc(C(F)(F)F)c1)NC1COC2C(OC(=O)Nc3cccc(C(F)(F)F)c3)COC12. The van der Waals surface area contributed by atoms with Crippen LogP contribution in [0.4, 0.5) is 47.3 Å². The highest BCUT2D eigenvalue weighted by Crippen LogP contribution is 2.32. The summed E-state index contributed by atoms with van der Waals surface area (Å²) in [7, 11) is 0. The number of rotatable bonds is 4. The van der Waals surface area contributed by atoms with E-state index >= 15 is 0 Å². The van der Waals surface area contributed by atoms with Crippen molar-refractivity contribution < 1.29 is 50.1 Å².